The van der Waals surface area contributed by atoms with Crippen LogP contribution >= 0.6 is 0 Å². The number of nitrogens with two attached hydrogens (primary N) is 1. The van der Waals surface area contributed by atoms with E-state index in [1.54, 1.807) is 6.07 Å². The Hall–Kier alpha value is -1.07. The van der Waals surface area contributed by atoms with Gasteiger partial charge in [-0.1, -0.05) is 12.1 Å². The first kappa shape index (κ1) is 15.3. The molecule has 20 heavy (non-hydrogen) atoms. The van der Waals surface area contributed by atoms with Gasteiger partial charge in [0.05, 0.1) is 5.56 Å². The van der Waals surface area contributed by atoms with E-state index in [0.29, 0.717) is 12.1 Å². The molecular formula is C15H21F3N2. The van der Waals surface area contributed by atoms with Crippen molar-refractivity contribution in [2.24, 2.45) is 5.73 Å². The topological polar surface area (TPSA) is 38.0 Å². The molecule has 5 heteroatoms. The number of hydrogen-bond donors (Lipinski definition) is 2. The van der Waals surface area contributed by atoms with Crippen LogP contribution in [0.5, 0.6) is 0 Å². The van der Waals surface area contributed by atoms with Gasteiger partial charge in [-0.15, -0.1) is 0 Å². The van der Waals surface area contributed by atoms with Gasteiger partial charge in [-0.25, -0.2) is 0 Å². The van der Waals surface area contributed by atoms with Gasteiger partial charge >= 0.3 is 6.18 Å². The normalized spacial score (nSPS) is 18.7. The van der Waals surface area contributed by atoms with Crippen molar-refractivity contribution in [1.82, 2.24) is 5.32 Å². The number of rotatable bonds is 4. The van der Waals surface area contributed by atoms with Crippen LogP contribution in [-0.4, -0.2) is 12.1 Å². The van der Waals surface area contributed by atoms with Gasteiger partial charge in [-0.05, 0) is 50.8 Å². The Balaban J connectivity index is 2.23. The summed E-state index contributed by atoms with van der Waals surface area (Å²) in [5.74, 6) is 0. The lowest BCUT2D eigenvalue weighted by Crippen LogP contribution is -2.54. The van der Waals surface area contributed by atoms with E-state index in [9.17, 15) is 13.2 Å². The average Bonchev–Trinajstić information content (AvgIpc) is 2.25. The number of hydrogen-bond acceptors (Lipinski definition) is 2. The molecule has 0 saturated heterocycles. The molecule has 1 saturated carbocycles. The van der Waals surface area contributed by atoms with Crippen molar-refractivity contribution in [2.45, 2.75) is 50.4 Å². The summed E-state index contributed by atoms with van der Waals surface area (Å²) in [7, 11) is 0. The summed E-state index contributed by atoms with van der Waals surface area (Å²) in [6, 6.07) is 5.62. The van der Waals surface area contributed by atoms with Crippen LogP contribution in [0.25, 0.3) is 0 Å². The maximum absolute atomic E-state index is 12.8. The quantitative estimate of drug-likeness (QED) is 0.890. The SMILES string of the molecule is CC(C)(N)CNC1(c2cccc(C(F)(F)F)c2)CCC1. The van der Waals surface area contributed by atoms with Crippen molar-refractivity contribution in [3.05, 3.63) is 35.4 Å². The van der Waals surface area contributed by atoms with E-state index in [0.717, 1.165) is 25.3 Å². The fraction of sp³-hybridized carbons (Fsp3) is 0.600. The molecule has 0 atom stereocenters. The van der Waals surface area contributed by atoms with E-state index in [1.165, 1.54) is 12.1 Å². The Morgan fingerprint density at radius 3 is 2.35 bits per heavy atom. The Morgan fingerprint density at radius 1 is 1.25 bits per heavy atom. The van der Waals surface area contributed by atoms with Crippen LogP contribution in [-0.2, 0) is 11.7 Å². The number of nitrogens with one attached hydrogen (secondary N) is 1. The van der Waals surface area contributed by atoms with Gasteiger partial charge in [0.2, 0.25) is 0 Å². The minimum Gasteiger partial charge on any atom is -0.324 e. The van der Waals surface area contributed by atoms with Crippen LogP contribution in [0.2, 0.25) is 0 Å². The molecule has 0 spiro atoms. The van der Waals surface area contributed by atoms with E-state index < -0.39 is 11.7 Å². The molecule has 0 heterocycles. The van der Waals surface area contributed by atoms with E-state index in [-0.39, 0.29) is 11.1 Å². The van der Waals surface area contributed by atoms with Crippen LogP contribution in [0.3, 0.4) is 0 Å². The van der Waals surface area contributed by atoms with E-state index in [4.69, 9.17) is 5.73 Å². The lowest BCUT2D eigenvalue weighted by atomic mass is 9.71. The average molecular weight is 286 g/mol. The zero-order valence-corrected chi connectivity index (χ0v) is 11.8. The summed E-state index contributed by atoms with van der Waals surface area (Å²) in [5, 5.41) is 3.38. The van der Waals surface area contributed by atoms with Gasteiger partial charge < -0.3 is 11.1 Å². The smallest absolute Gasteiger partial charge is 0.324 e. The molecule has 0 amide bonds. The van der Waals surface area contributed by atoms with Crippen LogP contribution < -0.4 is 11.1 Å². The van der Waals surface area contributed by atoms with Crippen molar-refractivity contribution < 1.29 is 13.2 Å². The first-order valence-electron chi connectivity index (χ1n) is 6.84. The molecule has 3 N–H and O–H groups in total. The first-order chi connectivity index (χ1) is 9.12. The minimum absolute atomic E-state index is 0.349. The molecule has 2 rings (SSSR count). The van der Waals surface area contributed by atoms with Gasteiger partial charge in [-0.3, -0.25) is 0 Å². The third-order valence-electron chi connectivity index (χ3n) is 3.83. The van der Waals surface area contributed by atoms with Gasteiger partial charge in [0.25, 0.3) is 0 Å². The molecule has 1 fully saturated rings. The molecule has 112 valence electrons. The second-order valence-electron chi connectivity index (χ2n) is 6.36. The summed E-state index contributed by atoms with van der Waals surface area (Å²) in [6.45, 7) is 4.38. The Kier molecular flexibility index (Phi) is 3.86. The molecule has 1 aliphatic rings. The second-order valence-corrected chi connectivity index (χ2v) is 6.36. The molecule has 1 aliphatic carbocycles. The summed E-state index contributed by atoms with van der Waals surface area (Å²) in [4.78, 5) is 0. The molecule has 0 bridgehead atoms. The summed E-state index contributed by atoms with van der Waals surface area (Å²) >= 11 is 0. The molecule has 0 aromatic heterocycles. The van der Waals surface area contributed by atoms with Crippen LogP contribution in [0.4, 0.5) is 13.2 Å². The third-order valence-corrected chi connectivity index (χ3v) is 3.83. The fourth-order valence-corrected chi connectivity index (χ4v) is 2.49. The molecule has 0 radical (unpaired) electrons. The lowest BCUT2D eigenvalue weighted by molar-refractivity contribution is -0.137. The summed E-state index contributed by atoms with van der Waals surface area (Å²) < 4.78 is 38.4. The van der Waals surface area contributed by atoms with Crippen molar-refractivity contribution in [1.29, 1.82) is 0 Å². The second kappa shape index (κ2) is 5.04. The highest BCUT2D eigenvalue weighted by Crippen LogP contribution is 2.43. The zero-order valence-electron chi connectivity index (χ0n) is 11.8. The zero-order chi connectivity index (χ0) is 15.0. The monoisotopic (exact) mass is 286 g/mol. The molecule has 0 aliphatic heterocycles. The predicted octanol–water partition coefficient (Wildman–Crippen LogP) is 3.41. The maximum Gasteiger partial charge on any atom is 0.416 e. The maximum atomic E-state index is 12.8. The highest BCUT2D eigenvalue weighted by atomic mass is 19.4. The highest BCUT2D eigenvalue weighted by Gasteiger charge is 2.40. The Bertz CT molecular complexity index is 471. The number of benzene rings is 1. The summed E-state index contributed by atoms with van der Waals surface area (Å²) in [6.07, 6.45) is -1.57. The van der Waals surface area contributed by atoms with Crippen LogP contribution in [0.15, 0.2) is 24.3 Å². The number of halogens is 3. The van der Waals surface area contributed by atoms with Gasteiger partial charge in [0.1, 0.15) is 0 Å². The number of alkyl halides is 3. The van der Waals surface area contributed by atoms with E-state index in [1.807, 2.05) is 13.8 Å². The van der Waals surface area contributed by atoms with Crippen molar-refractivity contribution >= 4 is 0 Å². The molecule has 0 unspecified atom stereocenters. The Morgan fingerprint density at radius 2 is 1.90 bits per heavy atom. The van der Waals surface area contributed by atoms with Crippen molar-refractivity contribution in [3.63, 3.8) is 0 Å². The fourth-order valence-electron chi connectivity index (χ4n) is 2.49. The summed E-state index contributed by atoms with van der Waals surface area (Å²) in [5.41, 5.74) is 5.35. The molecule has 2 nitrogen and oxygen atoms in total. The van der Waals surface area contributed by atoms with Crippen molar-refractivity contribution in [2.75, 3.05) is 6.54 Å². The van der Waals surface area contributed by atoms with Gasteiger partial charge in [-0.2, -0.15) is 13.2 Å². The Labute approximate surface area is 117 Å². The van der Waals surface area contributed by atoms with Gasteiger partial charge in [0.15, 0.2) is 0 Å². The highest BCUT2D eigenvalue weighted by molar-refractivity contribution is 5.33. The predicted molar refractivity (Wildman–Crippen MR) is 73.2 cm³/mol. The third kappa shape index (κ3) is 3.33. The standard InChI is InChI=1S/C15H21F3N2/c1-13(2,19)10-20-14(7-4-8-14)11-5-3-6-12(9-11)15(16,17)18/h3,5-6,9,20H,4,7-8,10,19H2,1-2H3. The first-order valence-corrected chi connectivity index (χ1v) is 6.84. The largest absolute Gasteiger partial charge is 0.416 e. The van der Waals surface area contributed by atoms with E-state index in [2.05, 4.69) is 5.32 Å². The van der Waals surface area contributed by atoms with Gasteiger partial charge in [0, 0.05) is 17.6 Å². The minimum atomic E-state index is -4.30. The molecule has 1 aromatic carbocycles. The molecule has 1 aromatic rings. The van der Waals surface area contributed by atoms with E-state index >= 15 is 0 Å². The lowest BCUT2D eigenvalue weighted by Gasteiger charge is -2.45. The van der Waals surface area contributed by atoms with Crippen LogP contribution in [0, 0.1) is 0 Å². The van der Waals surface area contributed by atoms with Crippen LogP contribution in [0.1, 0.15) is 44.2 Å². The van der Waals surface area contributed by atoms with Crippen molar-refractivity contribution in [3.8, 4) is 0 Å². The molecular weight excluding hydrogens is 265 g/mol.